The summed E-state index contributed by atoms with van der Waals surface area (Å²) in [6.45, 7) is 0. The van der Waals surface area contributed by atoms with Gasteiger partial charge in [-0.15, -0.1) is 0 Å². The second kappa shape index (κ2) is 6.53. The van der Waals surface area contributed by atoms with Crippen LogP contribution < -0.4 is 5.73 Å². The monoisotopic (exact) mass is 303 g/mol. The molecule has 2 rings (SSSR count). The number of amides is 1. The normalized spacial score (nSPS) is 12.4. The van der Waals surface area contributed by atoms with Crippen LogP contribution in [-0.4, -0.2) is 39.3 Å². The number of hydrogen-bond donors (Lipinski definition) is 3. The first-order chi connectivity index (χ1) is 10.5. The lowest BCUT2D eigenvalue weighted by Gasteiger charge is -2.02. The molecular weight excluding hydrogens is 290 g/mol. The van der Waals surface area contributed by atoms with Crippen LogP contribution in [0.3, 0.4) is 0 Å². The first kappa shape index (κ1) is 15.2. The lowest BCUT2D eigenvalue weighted by molar-refractivity contribution is -0.140. The fraction of sp³-hybridized carbons (Fsp3) is 0.143. The zero-order chi connectivity index (χ0) is 16.1. The molecule has 0 saturated heterocycles. The molecule has 2 aromatic rings. The van der Waals surface area contributed by atoms with Crippen LogP contribution in [-0.2, 0) is 9.59 Å². The average Bonchev–Trinajstić information content (AvgIpc) is 2.85. The first-order valence-electron chi connectivity index (χ1n) is 6.27. The van der Waals surface area contributed by atoms with Crippen LogP contribution in [0.15, 0.2) is 39.7 Å². The molecule has 0 aliphatic heterocycles. The van der Waals surface area contributed by atoms with Gasteiger partial charge in [0.15, 0.2) is 11.7 Å². The second-order valence-corrected chi connectivity index (χ2v) is 4.38. The van der Waals surface area contributed by atoms with Gasteiger partial charge in [-0.3, -0.25) is 9.79 Å². The van der Waals surface area contributed by atoms with E-state index in [2.05, 4.69) is 9.98 Å². The highest BCUT2D eigenvalue weighted by Crippen LogP contribution is 2.25. The molecule has 1 aromatic heterocycles. The zero-order valence-electron chi connectivity index (χ0n) is 11.3. The number of primary amides is 1. The van der Waals surface area contributed by atoms with Gasteiger partial charge in [0.05, 0.1) is 12.6 Å². The quantitative estimate of drug-likeness (QED) is 0.674. The molecule has 1 heterocycles. The van der Waals surface area contributed by atoms with Gasteiger partial charge in [0, 0.05) is 5.56 Å². The SMILES string of the molecule is NC(=O)C[C@H](N=Cc1nc(-c2ccccc2)oc1O)C(=O)O. The van der Waals surface area contributed by atoms with E-state index in [0.29, 0.717) is 5.56 Å². The van der Waals surface area contributed by atoms with Gasteiger partial charge in [-0.25, -0.2) is 9.78 Å². The highest BCUT2D eigenvalue weighted by Gasteiger charge is 2.19. The summed E-state index contributed by atoms with van der Waals surface area (Å²) in [4.78, 5) is 29.4. The predicted octanol–water partition coefficient (Wildman–Crippen LogP) is 0.795. The number of aromatic hydroxyl groups is 1. The van der Waals surface area contributed by atoms with Crippen molar-refractivity contribution in [3.8, 4) is 17.4 Å². The summed E-state index contributed by atoms with van der Waals surface area (Å²) in [5, 5.41) is 18.6. The van der Waals surface area contributed by atoms with Gasteiger partial charge >= 0.3 is 11.9 Å². The van der Waals surface area contributed by atoms with Gasteiger partial charge < -0.3 is 20.4 Å². The number of carboxylic acids is 1. The number of aliphatic imine (C=N–C) groups is 1. The molecule has 0 bridgehead atoms. The topological polar surface area (TPSA) is 139 Å². The molecule has 8 heteroatoms. The van der Waals surface area contributed by atoms with Crippen molar-refractivity contribution in [1.29, 1.82) is 0 Å². The van der Waals surface area contributed by atoms with Crippen LogP contribution in [0.5, 0.6) is 5.95 Å². The predicted molar refractivity (Wildman–Crippen MR) is 76.4 cm³/mol. The molecule has 0 radical (unpaired) electrons. The molecule has 8 nitrogen and oxygen atoms in total. The van der Waals surface area contributed by atoms with Gasteiger partial charge in [-0.1, -0.05) is 18.2 Å². The number of nitrogens with two attached hydrogens (primary N) is 1. The largest absolute Gasteiger partial charge is 0.480 e. The van der Waals surface area contributed by atoms with Crippen molar-refractivity contribution in [2.24, 2.45) is 10.7 Å². The molecule has 0 saturated carbocycles. The van der Waals surface area contributed by atoms with Crippen LogP contribution in [0.1, 0.15) is 12.1 Å². The summed E-state index contributed by atoms with van der Waals surface area (Å²) < 4.78 is 5.09. The lowest BCUT2D eigenvalue weighted by atomic mass is 10.2. The van der Waals surface area contributed by atoms with Crippen molar-refractivity contribution in [1.82, 2.24) is 4.98 Å². The maximum atomic E-state index is 10.9. The van der Waals surface area contributed by atoms with E-state index in [1.54, 1.807) is 24.3 Å². The minimum Gasteiger partial charge on any atom is -0.480 e. The minimum absolute atomic E-state index is 0.0328. The Morgan fingerprint density at radius 3 is 2.64 bits per heavy atom. The van der Waals surface area contributed by atoms with Gasteiger partial charge in [-0.05, 0) is 12.1 Å². The highest BCUT2D eigenvalue weighted by molar-refractivity contribution is 5.87. The second-order valence-electron chi connectivity index (χ2n) is 4.38. The Kier molecular flexibility index (Phi) is 4.52. The third-order valence-electron chi connectivity index (χ3n) is 2.71. The van der Waals surface area contributed by atoms with E-state index in [1.165, 1.54) is 0 Å². The fourth-order valence-electron chi connectivity index (χ4n) is 1.67. The van der Waals surface area contributed by atoms with E-state index in [9.17, 15) is 14.7 Å². The number of aromatic nitrogens is 1. The summed E-state index contributed by atoms with van der Waals surface area (Å²) in [5.41, 5.74) is 5.56. The number of aliphatic carboxylic acids is 1. The van der Waals surface area contributed by atoms with E-state index in [1.807, 2.05) is 6.07 Å². The Hall–Kier alpha value is -3.16. The highest BCUT2D eigenvalue weighted by atomic mass is 16.5. The Morgan fingerprint density at radius 1 is 1.36 bits per heavy atom. The molecule has 22 heavy (non-hydrogen) atoms. The van der Waals surface area contributed by atoms with Gasteiger partial charge in [-0.2, -0.15) is 0 Å². The fourth-order valence-corrected chi connectivity index (χ4v) is 1.67. The van der Waals surface area contributed by atoms with E-state index in [4.69, 9.17) is 15.3 Å². The number of hydrogen-bond acceptors (Lipinski definition) is 6. The maximum absolute atomic E-state index is 10.9. The molecule has 0 aliphatic rings. The third-order valence-corrected chi connectivity index (χ3v) is 2.71. The Morgan fingerprint density at radius 2 is 2.05 bits per heavy atom. The lowest BCUT2D eigenvalue weighted by Crippen LogP contribution is -2.25. The number of rotatable bonds is 6. The number of carboxylic acid groups (broad SMARTS) is 1. The zero-order valence-corrected chi connectivity index (χ0v) is 11.3. The van der Waals surface area contributed by atoms with Crippen molar-refractivity contribution in [2.45, 2.75) is 12.5 Å². The van der Waals surface area contributed by atoms with Crippen molar-refractivity contribution in [3.63, 3.8) is 0 Å². The summed E-state index contributed by atoms with van der Waals surface area (Å²) in [6.07, 6.45) is 0.586. The van der Waals surface area contributed by atoms with Crippen LogP contribution in [0.25, 0.3) is 11.5 Å². The van der Waals surface area contributed by atoms with E-state index >= 15 is 0 Å². The van der Waals surface area contributed by atoms with Crippen LogP contribution in [0.4, 0.5) is 0 Å². The van der Waals surface area contributed by atoms with Crippen LogP contribution in [0.2, 0.25) is 0 Å². The number of carbonyl (C=O) groups excluding carboxylic acids is 1. The molecule has 1 aromatic carbocycles. The van der Waals surface area contributed by atoms with Gasteiger partial charge in [0.2, 0.25) is 11.8 Å². The third kappa shape index (κ3) is 3.69. The van der Waals surface area contributed by atoms with E-state index < -0.39 is 30.3 Å². The van der Waals surface area contributed by atoms with Crippen LogP contribution in [0, 0.1) is 0 Å². The summed E-state index contributed by atoms with van der Waals surface area (Å²) in [7, 11) is 0. The summed E-state index contributed by atoms with van der Waals surface area (Å²) in [6, 6.07) is 7.50. The maximum Gasteiger partial charge on any atom is 0.328 e. The van der Waals surface area contributed by atoms with Crippen molar-refractivity contribution >= 4 is 18.1 Å². The molecule has 114 valence electrons. The molecular formula is C14H13N3O5. The molecule has 1 amide bonds. The average molecular weight is 303 g/mol. The van der Waals surface area contributed by atoms with Crippen molar-refractivity contribution in [3.05, 3.63) is 36.0 Å². The molecule has 0 spiro atoms. The standard InChI is InChI=1S/C14H13N3O5/c15-11(18)6-9(13(19)20)16-7-10-14(21)22-12(17-10)8-4-2-1-3-5-8/h1-5,7,9,21H,6H2,(H2,15,18)(H,19,20)/t9-/m0/s1. The van der Waals surface area contributed by atoms with E-state index in [-0.39, 0.29) is 11.6 Å². The molecule has 0 fully saturated rings. The summed E-state index contributed by atoms with van der Waals surface area (Å²) in [5.74, 6) is -2.42. The minimum atomic E-state index is -1.34. The number of carbonyl (C=O) groups is 2. The Balaban J connectivity index is 2.22. The smallest absolute Gasteiger partial charge is 0.328 e. The van der Waals surface area contributed by atoms with Gasteiger partial charge in [0.1, 0.15) is 0 Å². The van der Waals surface area contributed by atoms with Crippen LogP contribution >= 0.6 is 0 Å². The van der Waals surface area contributed by atoms with Crippen molar-refractivity contribution in [2.75, 3.05) is 0 Å². The first-order valence-corrected chi connectivity index (χ1v) is 6.27. The molecule has 4 N–H and O–H groups in total. The Labute approximate surface area is 124 Å². The van der Waals surface area contributed by atoms with Gasteiger partial charge in [0.25, 0.3) is 0 Å². The number of benzene rings is 1. The molecule has 0 aliphatic carbocycles. The van der Waals surface area contributed by atoms with Crippen molar-refractivity contribution < 1.29 is 24.2 Å². The summed E-state index contributed by atoms with van der Waals surface area (Å²) >= 11 is 0. The number of oxazole rings is 1. The number of nitrogens with zero attached hydrogens (tertiary/aromatic N) is 2. The van der Waals surface area contributed by atoms with E-state index in [0.717, 1.165) is 6.21 Å². The molecule has 0 unspecified atom stereocenters. The molecule has 1 atom stereocenters. The Bertz CT molecular complexity index is 709.